The number of ketones is 1. The van der Waals surface area contributed by atoms with E-state index in [9.17, 15) is 4.79 Å². The maximum atomic E-state index is 12.4. The van der Waals surface area contributed by atoms with Crippen LogP contribution < -0.4 is 0 Å². The van der Waals surface area contributed by atoms with E-state index in [0.717, 1.165) is 37.2 Å². The summed E-state index contributed by atoms with van der Waals surface area (Å²) < 4.78 is 0. The fraction of sp³-hybridized carbons (Fsp3) is 0.562. The highest BCUT2D eigenvalue weighted by molar-refractivity contribution is 5.98. The zero-order valence-electron chi connectivity index (χ0n) is 12.2. The minimum absolute atomic E-state index is 0.245. The van der Waals surface area contributed by atoms with Crippen LogP contribution in [0.25, 0.3) is 0 Å². The summed E-state index contributed by atoms with van der Waals surface area (Å²) in [5.41, 5.74) is 1.94. The summed E-state index contributed by atoms with van der Waals surface area (Å²) in [5.74, 6) is 0.245. The van der Waals surface area contributed by atoms with Crippen LogP contribution in [0.15, 0.2) is 24.3 Å². The first-order valence-corrected chi connectivity index (χ1v) is 7.09. The number of benzene rings is 1. The lowest BCUT2D eigenvalue weighted by Gasteiger charge is -2.27. The Balaban J connectivity index is 2.04. The lowest BCUT2D eigenvalue weighted by molar-refractivity contribution is 0.0899. The average molecular weight is 260 g/mol. The van der Waals surface area contributed by atoms with E-state index in [1.54, 1.807) is 0 Å². The summed E-state index contributed by atoms with van der Waals surface area (Å²) in [6, 6.07) is 8.31. The molecule has 0 N–H and O–H groups in total. The molecule has 0 aromatic heterocycles. The van der Waals surface area contributed by atoms with Crippen molar-refractivity contribution in [3.8, 4) is 0 Å². The van der Waals surface area contributed by atoms with E-state index in [1.807, 2.05) is 31.2 Å². The highest BCUT2D eigenvalue weighted by Gasteiger charge is 2.22. The van der Waals surface area contributed by atoms with Crippen molar-refractivity contribution in [3.05, 3.63) is 35.4 Å². The molecule has 3 nitrogen and oxygen atoms in total. The molecule has 0 radical (unpaired) electrons. The molecule has 1 aliphatic rings. The number of carbonyl (C=O) groups is 1. The van der Waals surface area contributed by atoms with Crippen LogP contribution in [-0.4, -0.2) is 54.9 Å². The zero-order valence-corrected chi connectivity index (χ0v) is 12.2. The van der Waals surface area contributed by atoms with E-state index < -0.39 is 0 Å². The molecule has 104 valence electrons. The molecule has 1 heterocycles. The van der Waals surface area contributed by atoms with Gasteiger partial charge in [-0.05, 0) is 39.4 Å². The van der Waals surface area contributed by atoms with Gasteiger partial charge in [0.2, 0.25) is 0 Å². The largest absolute Gasteiger partial charge is 0.305 e. The van der Waals surface area contributed by atoms with Crippen LogP contribution >= 0.6 is 0 Å². The molecule has 0 bridgehead atoms. The van der Waals surface area contributed by atoms with Crippen molar-refractivity contribution < 1.29 is 4.79 Å². The standard InChI is InChI=1S/C16H24N2O/c1-13-7-4-5-8-15(13)16(19)12-18-10-6-9-17(3)11-14(18)2/h4-5,7-8,14H,6,9-12H2,1-3H3. The van der Waals surface area contributed by atoms with Gasteiger partial charge >= 0.3 is 0 Å². The smallest absolute Gasteiger partial charge is 0.177 e. The van der Waals surface area contributed by atoms with E-state index in [-0.39, 0.29) is 5.78 Å². The Labute approximate surface area is 116 Å². The van der Waals surface area contributed by atoms with Gasteiger partial charge in [-0.25, -0.2) is 0 Å². The number of carbonyl (C=O) groups excluding carboxylic acids is 1. The molecule has 0 saturated carbocycles. The van der Waals surface area contributed by atoms with Gasteiger partial charge in [0.25, 0.3) is 0 Å². The zero-order chi connectivity index (χ0) is 13.8. The van der Waals surface area contributed by atoms with E-state index in [0.29, 0.717) is 12.6 Å². The van der Waals surface area contributed by atoms with Crippen LogP contribution in [0.5, 0.6) is 0 Å². The van der Waals surface area contributed by atoms with Crippen molar-refractivity contribution in [2.45, 2.75) is 26.3 Å². The quantitative estimate of drug-likeness (QED) is 0.779. The molecule has 0 spiro atoms. The Kier molecular flexibility index (Phi) is 4.72. The van der Waals surface area contributed by atoms with Crippen molar-refractivity contribution in [2.24, 2.45) is 0 Å². The Hall–Kier alpha value is -1.19. The molecule has 1 saturated heterocycles. The Morgan fingerprint density at radius 1 is 1.32 bits per heavy atom. The fourth-order valence-electron chi connectivity index (χ4n) is 2.81. The van der Waals surface area contributed by atoms with E-state index in [4.69, 9.17) is 0 Å². The van der Waals surface area contributed by atoms with Gasteiger partial charge < -0.3 is 4.90 Å². The van der Waals surface area contributed by atoms with Gasteiger partial charge in [0.05, 0.1) is 6.54 Å². The maximum Gasteiger partial charge on any atom is 0.177 e. The molecule has 2 rings (SSSR count). The number of rotatable bonds is 3. The average Bonchev–Trinajstić information content (AvgIpc) is 2.52. The summed E-state index contributed by atoms with van der Waals surface area (Å²) in [6.07, 6.45) is 1.14. The molecule has 1 atom stereocenters. The third kappa shape index (κ3) is 3.64. The van der Waals surface area contributed by atoms with Gasteiger partial charge in [0.15, 0.2) is 5.78 Å². The number of aryl methyl sites for hydroxylation is 1. The number of likely N-dealkylation sites (N-methyl/N-ethyl adjacent to an activating group) is 1. The fourth-order valence-corrected chi connectivity index (χ4v) is 2.81. The molecule has 19 heavy (non-hydrogen) atoms. The first kappa shape index (κ1) is 14.2. The van der Waals surface area contributed by atoms with E-state index >= 15 is 0 Å². The minimum Gasteiger partial charge on any atom is -0.305 e. The summed E-state index contributed by atoms with van der Waals surface area (Å²) >= 11 is 0. The van der Waals surface area contributed by atoms with Crippen molar-refractivity contribution >= 4 is 5.78 Å². The van der Waals surface area contributed by atoms with Crippen LogP contribution in [0.4, 0.5) is 0 Å². The van der Waals surface area contributed by atoms with E-state index in [1.165, 1.54) is 0 Å². The van der Waals surface area contributed by atoms with Gasteiger partial charge in [0.1, 0.15) is 0 Å². The monoisotopic (exact) mass is 260 g/mol. The second kappa shape index (κ2) is 6.31. The first-order valence-electron chi connectivity index (χ1n) is 7.09. The van der Waals surface area contributed by atoms with Crippen LogP contribution in [0.3, 0.4) is 0 Å². The lowest BCUT2D eigenvalue weighted by atomic mass is 10.0. The maximum absolute atomic E-state index is 12.4. The summed E-state index contributed by atoms with van der Waals surface area (Å²) in [6.45, 7) is 7.95. The Bertz CT molecular complexity index is 444. The topological polar surface area (TPSA) is 23.6 Å². The van der Waals surface area contributed by atoms with Gasteiger partial charge in [0, 0.05) is 24.7 Å². The van der Waals surface area contributed by atoms with Crippen molar-refractivity contribution in [2.75, 3.05) is 33.2 Å². The van der Waals surface area contributed by atoms with Crippen LogP contribution in [0.1, 0.15) is 29.3 Å². The van der Waals surface area contributed by atoms with Crippen molar-refractivity contribution in [1.82, 2.24) is 9.80 Å². The summed E-state index contributed by atoms with van der Waals surface area (Å²) in [5, 5.41) is 0. The third-order valence-electron chi connectivity index (χ3n) is 3.98. The second-order valence-corrected chi connectivity index (χ2v) is 5.67. The number of hydrogen-bond donors (Lipinski definition) is 0. The van der Waals surface area contributed by atoms with Gasteiger partial charge in [-0.2, -0.15) is 0 Å². The predicted molar refractivity (Wildman–Crippen MR) is 78.7 cm³/mol. The van der Waals surface area contributed by atoms with Gasteiger partial charge in [-0.3, -0.25) is 9.69 Å². The molecule has 0 aliphatic carbocycles. The lowest BCUT2D eigenvalue weighted by Crippen LogP contribution is -2.41. The molecule has 1 unspecified atom stereocenters. The second-order valence-electron chi connectivity index (χ2n) is 5.67. The highest BCUT2D eigenvalue weighted by atomic mass is 16.1. The molecule has 1 fully saturated rings. The van der Waals surface area contributed by atoms with Gasteiger partial charge in [-0.15, -0.1) is 0 Å². The third-order valence-corrected chi connectivity index (χ3v) is 3.98. The molecule has 0 amide bonds. The molecular weight excluding hydrogens is 236 g/mol. The summed E-state index contributed by atoms with van der Waals surface area (Å²) in [4.78, 5) is 17.1. The molecule has 1 aliphatic heterocycles. The molecule has 3 heteroatoms. The van der Waals surface area contributed by atoms with Gasteiger partial charge in [-0.1, -0.05) is 24.3 Å². The summed E-state index contributed by atoms with van der Waals surface area (Å²) in [7, 11) is 2.16. The van der Waals surface area contributed by atoms with Crippen LogP contribution in [0.2, 0.25) is 0 Å². The number of nitrogens with zero attached hydrogens (tertiary/aromatic N) is 2. The van der Waals surface area contributed by atoms with Crippen molar-refractivity contribution in [1.29, 1.82) is 0 Å². The van der Waals surface area contributed by atoms with Crippen LogP contribution in [-0.2, 0) is 0 Å². The molecule has 1 aromatic carbocycles. The first-order chi connectivity index (χ1) is 9.08. The van der Waals surface area contributed by atoms with E-state index in [2.05, 4.69) is 23.8 Å². The SMILES string of the molecule is Cc1ccccc1C(=O)CN1CCCN(C)CC1C. The molecule has 1 aromatic rings. The minimum atomic E-state index is 0.245. The number of hydrogen-bond acceptors (Lipinski definition) is 3. The normalized spacial score (nSPS) is 22.2. The molecular formula is C16H24N2O. The van der Waals surface area contributed by atoms with Crippen molar-refractivity contribution in [3.63, 3.8) is 0 Å². The van der Waals surface area contributed by atoms with Crippen LogP contribution in [0, 0.1) is 6.92 Å². The predicted octanol–water partition coefficient (Wildman–Crippen LogP) is 2.20. The Morgan fingerprint density at radius 2 is 2.05 bits per heavy atom. The number of Topliss-reactive ketones (excluding diaryl/α,β-unsaturated/α-hetero) is 1. The highest BCUT2D eigenvalue weighted by Crippen LogP contribution is 2.12. The Morgan fingerprint density at radius 3 is 2.79 bits per heavy atom.